The number of fused-ring (bicyclic) bond motifs is 3. The first-order chi connectivity index (χ1) is 11.2. The molecule has 1 fully saturated rings. The van der Waals surface area contributed by atoms with Gasteiger partial charge in [-0.05, 0) is 19.5 Å². The van der Waals surface area contributed by atoms with Gasteiger partial charge in [-0.3, -0.25) is 0 Å². The number of pyridine rings is 2. The quantitative estimate of drug-likeness (QED) is 0.756. The third-order valence-corrected chi connectivity index (χ3v) is 4.74. The lowest BCUT2D eigenvalue weighted by atomic mass is 10.1. The van der Waals surface area contributed by atoms with Crippen LogP contribution in [0.1, 0.15) is 12.1 Å². The molecule has 3 aromatic heterocycles. The first kappa shape index (κ1) is 14.2. The Hall–Kier alpha value is -2.36. The number of likely N-dealkylation sites (N-methyl/N-ethyl adjacent to an activating group) is 1. The van der Waals surface area contributed by atoms with Gasteiger partial charge in [-0.25, -0.2) is 9.97 Å². The van der Waals surface area contributed by atoms with E-state index in [1.165, 1.54) is 0 Å². The maximum atomic E-state index is 9.13. The highest BCUT2D eigenvalue weighted by molar-refractivity contribution is 6.35. The van der Waals surface area contributed by atoms with Crippen LogP contribution in [-0.4, -0.2) is 41.1 Å². The molecule has 0 spiro atoms. The monoisotopic (exact) mass is 326 g/mol. The first-order valence-corrected chi connectivity index (χ1v) is 7.87. The number of anilines is 1. The molecule has 1 aliphatic heterocycles. The molecule has 0 amide bonds. The number of aromatic amines is 1. The van der Waals surface area contributed by atoms with Gasteiger partial charge in [0.05, 0.1) is 34.0 Å². The fourth-order valence-electron chi connectivity index (χ4n) is 3.29. The van der Waals surface area contributed by atoms with Crippen LogP contribution in [0.25, 0.3) is 21.9 Å². The molecule has 23 heavy (non-hydrogen) atoms. The Labute approximate surface area is 138 Å². The SMILES string of the molecule is CN[C@H]1CCN(c2c(Cl)cnc3[nH]c4cnc(C#N)cc4c23)C1. The van der Waals surface area contributed by atoms with Gasteiger partial charge in [0, 0.05) is 24.5 Å². The van der Waals surface area contributed by atoms with Gasteiger partial charge in [0.1, 0.15) is 17.4 Å². The summed E-state index contributed by atoms with van der Waals surface area (Å²) in [6, 6.07) is 4.34. The lowest BCUT2D eigenvalue weighted by Crippen LogP contribution is -2.29. The highest BCUT2D eigenvalue weighted by Crippen LogP contribution is 2.39. The van der Waals surface area contributed by atoms with Gasteiger partial charge in [-0.1, -0.05) is 11.6 Å². The minimum Gasteiger partial charge on any atom is -0.368 e. The lowest BCUT2D eigenvalue weighted by molar-refractivity contribution is 0.617. The van der Waals surface area contributed by atoms with E-state index in [1.807, 2.05) is 7.05 Å². The summed E-state index contributed by atoms with van der Waals surface area (Å²) in [4.78, 5) is 14.1. The van der Waals surface area contributed by atoms with Gasteiger partial charge in [0.25, 0.3) is 0 Å². The van der Waals surface area contributed by atoms with E-state index in [4.69, 9.17) is 16.9 Å². The molecule has 0 bridgehead atoms. The van der Waals surface area contributed by atoms with Crippen molar-refractivity contribution in [2.75, 3.05) is 25.0 Å². The van der Waals surface area contributed by atoms with E-state index in [0.29, 0.717) is 16.8 Å². The molecule has 4 heterocycles. The second kappa shape index (κ2) is 5.37. The van der Waals surface area contributed by atoms with Gasteiger partial charge in [-0.15, -0.1) is 0 Å². The molecule has 0 saturated carbocycles. The summed E-state index contributed by atoms with van der Waals surface area (Å²) in [5.41, 5.74) is 3.00. The van der Waals surface area contributed by atoms with Crippen molar-refractivity contribution in [1.82, 2.24) is 20.3 Å². The van der Waals surface area contributed by atoms with Crippen LogP contribution >= 0.6 is 11.6 Å². The van der Waals surface area contributed by atoms with E-state index >= 15 is 0 Å². The lowest BCUT2D eigenvalue weighted by Gasteiger charge is -2.21. The maximum Gasteiger partial charge on any atom is 0.141 e. The third-order valence-electron chi connectivity index (χ3n) is 4.46. The van der Waals surface area contributed by atoms with Crippen LogP contribution in [0, 0.1) is 11.3 Å². The molecule has 116 valence electrons. The minimum atomic E-state index is 0.388. The number of hydrogen-bond donors (Lipinski definition) is 2. The number of hydrogen-bond acceptors (Lipinski definition) is 5. The molecular formula is C16H15ClN6. The van der Waals surface area contributed by atoms with Crippen molar-refractivity contribution in [2.45, 2.75) is 12.5 Å². The number of nitrogens with zero attached hydrogens (tertiary/aromatic N) is 4. The van der Waals surface area contributed by atoms with E-state index in [-0.39, 0.29) is 0 Å². The Morgan fingerprint density at radius 3 is 3.04 bits per heavy atom. The normalized spacial score (nSPS) is 18.0. The summed E-state index contributed by atoms with van der Waals surface area (Å²) in [5.74, 6) is 0. The average molecular weight is 327 g/mol. The second-order valence-electron chi connectivity index (χ2n) is 5.75. The molecule has 4 rings (SSSR count). The Morgan fingerprint density at radius 2 is 2.30 bits per heavy atom. The molecule has 7 heteroatoms. The van der Waals surface area contributed by atoms with E-state index in [1.54, 1.807) is 18.5 Å². The maximum absolute atomic E-state index is 9.13. The fourth-order valence-corrected chi connectivity index (χ4v) is 3.55. The van der Waals surface area contributed by atoms with E-state index < -0.39 is 0 Å². The molecule has 1 saturated heterocycles. The van der Waals surface area contributed by atoms with Crippen molar-refractivity contribution >= 4 is 39.2 Å². The molecule has 0 unspecified atom stereocenters. The predicted octanol–water partition coefficient (Wildman–Crippen LogP) is 2.43. The van der Waals surface area contributed by atoms with Crippen molar-refractivity contribution in [1.29, 1.82) is 5.26 Å². The zero-order valence-electron chi connectivity index (χ0n) is 12.6. The topological polar surface area (TPSA) is 80.6 Å². The van der Waals surface area contributed by atoms with Crippen LogP contribution in [0.2, 0.25) is 5.02 Å². The summed E-state index contributed by atoms with van der Waals surface area (Å²) in [6.45, 7) is 1.84. The van der Waals surface area contributed by atoms with Gasteiger partial charge >= 0.3 is 0 Å². The molecule has 1 aliphatic rings. The Kier molecular flexibility index (Phi) is 3.33. The molecule has 0 aromatic carbocycles. The minimum absolute atomic E-state index is 0.388. The van der Waals surface area contributed by atoms with E-state index in [2.05, 4.69) is 31.2 Å². The van der Waals surface area contributed by atoms with Crippen molar-refractivity contribution in [3.63, 3.8) is 0 Å². The van der Waals surface area contributed by atoms with Crippen molar-refractivity contribution in [2.24, 2.45) is 0 Å². The van der Waals surface area contributed by atoms with Crippen LogP contribution in [-0.2, 0) is 0 Å². The summed E-state index contributed by atoms with van der Waals surface area (Å²) < 4.78 is 0. The summed E-state index contributed by atoms with van der Waals surface area (Å²) in [5, 5.41) is 15.0. The Bertz CT molecular complexity index is 941. The third kappa shape index (κ3) is 2.21. The van der Waals surface area contributed by atoms with Gasteiger partial charge in [0.15, 0.2) is 0 Å². The summed E-state index contributed by atoms with van der Waals surface area (Å²) in [6.07, 6.45) is 4.43. The first-order valence-electron chi connectivity index (χ1n) is 7.49. The van der Waals surface area contributed by atoms with Crippen molar-refractivity contribution < 1.29 is 0 Å². The van der Waals surface area contributed by atoms with Crippen molar-refractivity contribution in [3.05, 3.63) is 29.2 Å². The highest BCUT2D eigenvalue weighted by atomic mass is 35.5. The zero-order valence-corrected chi connectivity index (χ0v) is 13.4. The van der Waals surface area contributed by atoms with Crippen LogP contribution in [0.4, 0.5) is 5.69 Å². The average Bonchev–Trinajstić information content (AvgIpc) is 3.18. The predicted molar refractivity (Wildman–Crippen MR) is 90.8 cm³/mol. The summed E-state index contributed by atoms with van der Waals surface area (Å²) >= 11 is 6.49. The molecule has 3 aromatic rings. The number of halogens is 1. The molecule has 1 atom stereocenters. The fraction of sp³-hybridized carbons (Fsp3) is 0.312. The van der Waals surface area contributed by atoms with E-state index in [0.717, 1.165) is 47.1 Å². The second-order valence-corrected chi connectivity index (χ2v) is 6.16. The molecule has 2 N–H and O–H groups in total. The number of aromatic nitrogens is 3. The van der Waals surface area contributed by atoms with E-state index in [9.17, 15) is 0 Å². The molecule has 0 radical (unpaired) electrons. The zero-order chi connectivity index (χ0) is 16.0. The number of nitriles is 1. The smallest absolute Gasteiger partial charge is 0.141 e. The molecular weight excluding hydrogens is 312 g/mol. The Balaban J connectivity index is 1.98. The number of rotatable bonds is 2. The van der Waals surface area contributed by atoms with Gasteiger partial charge in [0.2, 0.25) is 0 Å². The summed E-state index contributed by atoms with van der Waals surface area (Å²) in [7, 11) is 1.98. The number of H-pyrrole nitrogens is 1. The Morgan fingerprint density at radius 1 is 1.43 bits per heavy atom. The van der Waals surface area contributed by atoms with Crippen molar-refractivity contribution in [3.8, 4) is 6.07 Å². The number of nitrogens with one attached hydrogen (secondary N) is 2. The highest BCUT2D eigenvalue weighted by Gasteiger charge is 2.26. The largest absolute Gasteiger partial charge is 0.368 e. The van der Waals surface area contributed by atoms with Crippen LogP contribution in [0.3, 0.4) is 0 Å². The standard InChI is InChI=1S/C16H15ClN6/c1-19-9-2-3-23(8-9)15-12(17)6-21-16-14(15)11-4-10(5-18)20-7-13(11)22-16/h4,6-7,9,19H,2-3,8H2,1H3,(H,21,22)/t9-/m0/s1. The van der Waals surface area contributed by atoms with Crippen LogP contribution in [0.5, 0.6) is 0 Å². The van der Waals surface area contributed by atoms with Crippen LogP contribution < -0.4 is 10.2 Å². The van der Waals surface area contributed by atoms with Gasteiger partial charge < -0.3 is 15.2 Å². The molecule has 0 aliphatic carbocycles. The van der Waals surface area contributed by atoms with Gasteiger partial charge in [-0.2, -0.15) is 5.26 Å². The van der Waals surface area contributed by atoms with Crippen LogP contribution in [0.15, 0.2) is 18.5 Å². The molecule has 6 nitrogen and oxygen atoms in total.